The first-order valence-electron chi connectivity index (χ1n) is 6.27. The second kappa shape index (κ2) is 4.82. The van der Waals surface area contributed by atoms with Gasteiger partial charge in [0.2, 0.25) is 0 Å². The Kier molecular flexibility index (Phi) is 3.02. The highest BCUT2D eigenvalue weighted by Crippen LogP contribution is 2.32. The van der Waals surface area contributed by atoms with E-state index in [1.807, 2.05) is 24.4 Å². The number of rotatable bonds is 2. The monoisotopic (exact) mass is 243 g/mol. The van der Waals surface area contributed by atoms with Crippen LogP contribution in [-0.2, 0) is 0 Å². The van der Waals surface area contributed by atoms with Crippen LogP contribution in [0, 0.1) is 0 Å². The van der Waals surface area contributed by atoms with E-state index in [2.05, 4.69) is 21.3 Å². The van der Waals surface area contributed by atoms with Crippen LogP contribution in [0.4, 0.5) is 5.82 Å². The van der Waals surface area contributed by atoms with E-state index in [0.717, 1.165) is 43.1 Å². The number of anilines is 1. The SMILES string of the molecule is COc1cccc2ccnc(N3CCNCC3)c12. The molecule has 2 aromatic rings. The van der Waals surface area contributed by atoms with E-state index in [9.17, 15) is 0 Å². The van der Waals surface area contributed by atoms with Crippen molar-refractivity contribution in [2.75, 3.05) is 38.2 Å². The lowest BCUT2D eigenvalue weighted by atomic mass is 10.1. The Labute approximate surface area is 107 Å². The fourth-order valence-electron chi connectivity index (χ4n) is 2.47. The van der Waals surface area contributed by atoms with Crippen LogP contribution < -0.4 is 15.0 Å². The maximum absolute atomic E-state index is 5.48. The number of nitrogens with one attached hydrogen (secondary N) is 1. The van der Waals surface area contributed by atoms with Gasteiger partial charge in [0.25, 0.3) is 0 Å². The Morgan fingerprint density at radius 2 is 2.06 bits per heavy atom. The topological polar surface area (TPSA) is 37.4 Å². The molecule has 94 valence electrons. The van der Waals surface area contributed by atoms with Gasteiger partial charge in [0.05, 0.1) is 12.5 Å². The molecule has 4 nitrogen and oxygen atoms in total. The van der Waals surface area contributed by atoms with Crippen LogP contribution in [0.2, 0.25) is 0 Å². The highest BCUT2D eigenvalue weighted by molar-refractivity contribution is 5.97. The maximum Gasteiger partial charge on any atom is 0.140 e. The van der Waals surface area contributed by atoms with Crippen LogP contribution in [0.3, 0.4) is 0 Å². The number of ether oxygens (including phenoxy) is 1. The molecule has 1 saturated heterocycles. The lowest BCUT2D eigenvalue weighted by molar-refractivity contribution is 0.419. The molecule has 1 N–H and O–H groups in total. The molecule has 0 amide bonds. The molecule has 0 bridgehead atoms. The molecule has 1 aliphatic rings. The van der Waals surface area contributed by atoms with Gasteiger partial charge in [0.1, 0.15) is 11.6 Å². The normalized spacial score (nSPS) is 15.9. The van der Waals surface area contributed by atoms with E-state index in [1.165, 1.54) is 5.39 Å². The number of benzene rings is 1. The van der Waals surface area contributed by atoms with Crippen molar-refractivity contribution in [2.24, 2.45) is 0 Å². The molecule has 3 rings (SSSR count). The Bertz CT molecular complexity index is 544. The summed E-state index contributed by atoms with van der Waals surface area (Å²) in [6.45, 7) is 3.99. The first-order valence-corrected chi connectivity index (χ1v) is 6.27. The minimum atomic E-state index is 0.897. The Hall–Kier alpha value is -1.81. The fraction of sp³-hybridized carbons (Fsp3) is 0.357. The van der Waals surface area contributed by atoms with Crippen LogP contribution >= 0.6 is 0 Å². The van der Waals surface area contributed by atoms with Crippen LogP contribution in [0.25, 0.3) is 10.8 Å². The molecule has 0 spiro atoms. The molecule has 0 aliphatic carbocycles. The van der Waals surface area contributed by atoms with Crippen molar-refractivity contribution in [3.8, 4) is 5.75 Å². The number of pyridine rings is 1. The first-order chi connectivity index (χ1) is 8.90. The summed E-state index contributed by atoms with van der Waals surface area (Å²) in [5.41, 5.74) is 0. The van der Waals surface area contributed by atoms with Crippen LogP contribution in [0.1, 0.15) is 0 Å². The molecule has 18 heavy (non-hydrogen) atoms. The third kappa shape index (κ3) is 1.88. The smallest absolute Gasteiger partial charge is 0.140 e. The maximum atomic E-state index is 5.48. The molecule has 2 heterocycles. The number of fused-ring (bicyclic) bond motifs is 1. The van der Waals surface area contributed by atoms with Crippen molar-refractivity contribution < 1.29 is 4.74 Å². The van der Waals surface area contributed by atoms with Crippen molar-refractivity contribution in [1.29, 1.82) is 0 Å². The Morgan fingerprint density at radius 3 is 2.83 bits per heavy atom. The summed E-state index contributed by atoms with van der Waals surface area (Å²) in [5, 5.41) is 5.65. The average molecular weight is 243 g/mol. The lowest BCUT2D eigenvalue weighted by Crippen LogP contribution is -2.44. The van der Waals surface area contributed by atoms with Crippen LogP contribution in [0.15, 0.2) is 30.5 Å². The number of piperazine rings is 1. The average Bonchev–Trinajstić information content (AvgIpc) is 2.47. The summed E-state index contributed by atoms with van der Waals surface area (Å²) in [6.07, 6.45) is 1.87. The zero-order valence-corrected chi connectivity index (χ0v) is 10.5. The summed E-state index contributed by atoms with van der Waals surface area (Å²) >= 11 is 0. The van der Waals surface area contributed by atoms with Crippen LogP contribution in [-0.4, -0.2) is 38.3 Å². The van der Waals surface area contributed by atoms with Crippen molar-refractivity contribution in [1.82, 2.24) is 10.3 Å². The predicted molar refractivity (Wildman–Crippen MR) is 73.4 cm³/mol. The highest BCUT2D eigenvalue weighted by Gasteiger charge is 2.16. The van der Waals surface area contributed by atoms with Gasteiger partial charge in [-0.2, -0.15) is 0 Å². The van der Waals surface area contributed by atoms with Crippen LogP contribution in [0.5, 0.6) is 5.75 Å². The Morgan fingerprint density at radius 1 is 1.22 bits per heavy atom. The summed E-state index contributed by atoms with van der Waals surface area (Å²) in [6, 6.07) is 8.15. The summed E-state index contributed by atoms with van der Waals surface area (Å²) in [7, 11) is 1.71. The zero-order valence-electron chi connectivity index (χ0n) is 10.5. The van der Waals surface area contributed by atoms with Gasteiger partial charge in [-0.15, -0.1) is 0 Å². The van der Waals surface area contributed by atoms with E-state index in [4.69, 9.17) is 4.74 Å². The van der Waals surface area contributed by atoms with Gasteiger partial charge in [0.15, 0.2) is 0 Å². The number of nitrogens with zero attached hydrogens (tertiary/aromatic N) is 2. The Balaban J connectivity index is 2.15. The summed E-state index contributed by atoms with van der Waals surface area (Å²) in [5.74, 6) is 1.93. The highest BCUT2D eigenvalue weighted by atomic mass is 16.5. The third-order valence-corrected chi connectivity index (χ3v) is 3.37. The molecular formula is C14H17N3O. The number of hydrogen-bond donors (Lipinski definition) is 1. The first kappa shape index (κ1) is 11.3. The molecule has 0 unspecified atom stereocenters. The number of aromatic nitrogens is 1. The van der Waals surface area contributed by atoms with Crippen molar-refractivity contribution in [3.05, 3.63) is 30.5 Å². The second-order valence-corrected chi connectivity index (χ2v) is 4.43. The number of hydrogen-bond acceptors (Lipinski definition) is 4. The van der Waals surface area contributed by atoms with Gasteiger partial charge in [-0.3, -0.25) is 0 Å². The van der Waals surface area contributed by atoms with E-state index >= 15 is 0 Å². The third-order valence-electron chi connectivity index (χ3n) is 3.37. The molecule has 1 fully saturated rings. The van der Waals surface area contributed by atoms with E-state index in [-0.39, 0.29) is 0 Å². The molecule has 0 radical (unpaired) electrons. The van der Waals surface area contributed by atoms with Gasteiger partial charge in [-0.25, -0.2) is 4.98 Å². The molecule has 1 aromatic heterocycles. The van der Waals surface area contributed by atoms with Gasteiger partial charge in [-0.05, 0) is 17.5 Å². The summed E-state index contributed by atoms with van der Waals surface area (Å²) in [4.78, 5) is 6.88. The van der Waals surface area contributed by atoms with Gasteiger partial charge in [-0.1, -0.05) is 12.1 Å². The molecular weight excluding hydrogens is 226 g/mol. The minimum absolute atomic E-state index is 0.897. The van der Waals surface area contributed by atoms with Gasteiger partial charge >= 0.3 is 0 Å². The van der Waals surface area contributed by atoms with Gasteiger partial charge < -0.3 is 15.0 Å². The molecule has 0 atom stereocenters. The molecule has 1 aromatic carbocycles. The molecule has 0 saturated carbocycles. The van der Waals surface area contributed by atoms with E-state index in [0.29, 0.717) is 0 Å². The summed E-state index contributed by atoms with van der Waals surface area (Å²) < 4.78 is 5.48. The van der Waals surface area contributed by atoms with Crippen molar-refractivity contribution in [3.63, 3.8) is 0 Å². The van der Waals surface area contributed by atoms with E-state index < -0.39 is 0 Å². The molecule has 4 heteroatoms. The molecule has 1 aliphatic heterocycles. The lowest BCUT2D eigenvalue weighted by Gasteiger charge is -2.29. The van der Waals surface area contributed by atoms with Crippen molar-refractivity contribution >= 4 is 16.6 Å². The second-order valence-electron chi connectivity index (χ2n) is 4.43. The number of methoxy groups -OCH3 is 1. The van der Waals surface area contributed by atoms with Crippen molar-refractivity contribution in [2.45, 2.75) is 0 Å². The minimum Gasteiger partial charge on any atom is -0.496 e. The predicted octanol–water partition coefficient (Wildman–Crippen LogP) is 1.65. The van der Waals surface area contributed by atoms with E-state index in [1.54, 1.807) is 7.11 Å². The zero-order chi connectivity index (χ0) is 12.4. The largest absolute Gasteiger partial charge is 0.496 e. The standard InChI is InChI=1S/C14H17N3O/c1-18-12-4-2-3-11-5-6-16-14(13(11)12)17-9-7-15-8-10-17/h2-6,15H,7-10H2,1H3. The quantitative estimate of drug-likeness (QED) is 0.870. The van der Waals surface area contributed by atoms with Gasteiger partial charge in [0, 0.05) is 32.4 Å². The fourth-order valence-corrected chi connectivity index (χ4v) is 2.47.